The Morgan fingerprint density at radius 2 is 2.06 bits per heavy atom. The van der Waals surface area contributed by atoms with E-state index in [0.29, 0.717) is 5.56 Å². The molecule has 0 fully saturated rings. The highest BCUT2D eigenvalue weighted by atomic mass is 19.1. The fraction of sp³-hybridized carbons (Fsp3) is 0.600. The third kappa shape index (κ3) is 4.76. The highest BCUT2D eigenvalue weighted by Gasteiger charge is 2.06. The summed E-state index contributed by atoms with van der Waals surface area (Å²) in [5.74, 6) is 0.592. The molecule has 17 heavy (non-hydrogen) atoms. The van der Waals surface area contributed by atoms with Gasteiger partial charge in [-0.25, -0.2) is 4.39 Å². The van der Waals surface area contributed by atoms with Crippen LogP contribution in [0.5, 0.6) is 0 Å². The van der Waals surface area contributed by atoms with E-state index in [4.69, 9.17) is 0 Å². The van der Waals surface area contributed by atoms with Crippen molar-refractivity contribution in [2.75, 3.05) is 11.9 Å². The average Bonchev–Trinajstić information content (AvgIpc) is 2.34. The van der Waals surface area contributed by atoms with E-state index in [-0.39, 0.29) is 5.82 Å². The summed E-state index contributed by atoms with van der Waals surface area (Å²) in [7, 11) is 0. The predicted molar refractivity (Wildman–Crippen MR) is 72.9 cm³/mol. The summed E-state index contributed by atoms with van der Waals surface area (Å²) in [6.45, 7) is 7.25. The van der Waals surface area contributed by atoms with E-state index in [1.165, 1.54) is 31.7 Å². The normalized spacial score (nSPS) is 12.5. The van der Waals surface area contributed by atoms with E-state index in [1.807, 2.05) is 12.1 Å². The van der Waals surface area contributed by atoms with Gasteiger partial charge in [0, 0.05) is 12.2 Å². The molecule has 1 aromatic carbocycles. The lowest BCUT2D eigenvalue weighted by Crippen LogP contribution is -2.13. The molecule has 0 aliphatic heterocycles. The second-order valence-electron chi connectivity index (χ2n) is 4.76. The summed E-state index contributed by atoms with van der Waals surface area (Å²) in [5, 5.41) is 3.41. The molecule has 0 amide bonds. The van der Waals surface area contributed by atoms with Crippen LogP contribution in [-0.4, -0.2) is 6.54 Å². The van der Waals surface area contributed by atoms with Crippen LogP contribution < -0.4 is 5.32 Å². The average molecular weight is 237 g/mol. The molecule has 1 atom stereocenters. The van der Waals surface area contributed by atoms with Crippen LogP contribution in [0.4, 0.5) is 10.1 Å². The van der Waals surface area contributed by atoms with Gasteiger partial charge < -0.3 is 5.32 Å². The SMILES string of the molecule is CCCCC(CC)CNc1ccc(F)c(C)c1. The lowest BCUT2D eigenvalue weighted by atomic mass is 9.99. The van der Waals surface area contributed by atoms with Crippen molar-refractivity contribution in [1.82, 2.24) is 0 Å². The number of hydrogen-bond donors (Lipinski definition) is 1. The number of halogens is 1. The van der Waals surface area contributed by atoms with E-state index < -0.39 is 0 Å². The smallest absolute Gasteiger partial charge is 0.126 e. The summed E-state index contributed by atoms with van der Waals surface area (Å²) in [4.78, 5) is 0. The molecule has 0 bridgehead atoms. The number of aryl methyl sites for hydroxylation is 1. The van der Waals surface area contributed by atoms with Crippen LogP contribution in [-0.2, 0) is 0 Å². The molecule has 96 valence electrons. The van der Waals surface area contributed by atoms with Gasteiger partial charge in [-0.15, -0.1) is 0 Å². The fourth-order valence-corrected chi connectivity index (χ4v) is 1.96. The molecular formula is C15H24FN. The van der Waals surface area contributed by atoms with Crippen molar-refractivity contribution in [2.24, 2.45) is 5.92 Å². The molecular weight excluding hydrogens is 213 g/mol. The Kier molecular flexibility index (Phi) is 6.03. The molecule has 1 nitrogen and oxygen atoms in total. The van der Waals surface area contributed by atoms with Crippen LogP contribution in [0.3, 0.4) is 0 Å². The van der Waals surface area contributed by atoms with Crippen LogP contribution in [0, 0.1) is 18.7 Å². The van der Waals surface area contributed by atoms with E-state index in [9.17, 15) is 4.39 Å². The lowest BCUT2D eigenvalue weighted by Gasteiger charge is -2.16. The maximum atomic E-state index is 13.1. The Bertz CT molecular complexity index is 336. The van der Waals surface area contributed by atoms with Crippen LogP contribution in [0.1, 0.15) is 45.1 Å². The van der Waals surface area contributed by atoms with Gasteiger partial charge in [0.05, 0.1) is 0 Å². The van der Waals surface area contributed by atoms with E-state index in [1.54, 1.807) is 6.92 Å². The first-order valence-corrected chi connectivity index (χ1v) is 6.67. The number of hydrogen-bond acceptors (Lipinski definition) is 1. The quantitative estimate of drug-likeness (QED) is 0.720. The van der Waals surface area contributed by atoms with E-state index in [0.717, 1.165) is 18.2 Å². The number of rotatable bonds is 7. The first-order valence-electron chi connectivity index (χ1n) is 6.67. The van der Waals surface area contributed by atoms with Crippen LogP contribution >= 0.6 is 0 Å². The Balaban J connectivity index is 2.45. The maximum absolute atomic E-state index is 13.1. The third-order valence-electron chi connectivity index (χ3n) is 3.30. The molecule has 0 aliphatic carbocycles. The van der Waals surface area contributed by atoms with Crippen LogP contribution in [0.15, 0.2) is 18.2 Å². The number of benzene rings is 1. The van der Waals surface area contributed by atoms with Gasteiger partial charge in [-0.05, 0) is 43.0 Å². The number of unbranched alkanes of at least 4 members (excludes halogenated alkanes) is 1. The largest absolute Gasteiger partial charge is 0.385 e. The zero-order chi connectivity index (χ0) is 12.7. The molecule has 1 rings (SSSR count). The van der Waals surface area contributed by atoms with E-state index >= 15 is 0 Å². The Morgan fingerprint density at radius 3 is 2.65 bits per heavy atom. The second-order valence-corrected chi connectivity index (χ2v) is 4.76. The maximum Gasteiger partial charge on any atom is 0.126 e. The lowest BCUT2D eigenvalue weighted by molar-refractivity contribution is 0.473. The van der Waals surface area contributed by atoms with Crippen molar-refractivity contribution in [3.8, 4) is 0 Å². The molecule has 1 unspecified atom stereocenters. The summed E-state index contributed by atoms with van der Waals surface area (Å²) < 4.78 is 13.1. The molecule has 0 heterocycles. The highest BCUT2D eigenvalue weighted by Crippen LogP contribution is 2.17. The molecule has 0 radical (unpaired) electrons. The zero-order valence-electron chi connectivity index (χ0n) is 11.2. The van der Waals surface area contributed by atoms with Crippen molar-refractivity contribution in [3.05, 3.63) is 29.6 Å². The summed E-state index contributed by atoms with van der Waals surface area (Å²) in [5.41, 5.74) is 1.73. The monoisotopic (exact) mass is 237 g/mol. The van der Waals surface area contributed by atoms with Crippen LogP contribution in [0.2, 0.25) is 0 Å². The molecule has 0 spiro atoms. The summed E-state index contributed by atoms with van der Waals surface area (Å²) in [6.07, 6.45) is 5.03. The van der Waals surface area contributed by atoms with Crippen molar-refractivity contribution < 1.29 is 4.39 Å². The molecule has 1 N–H and O–H groups in total. The van der Waals surface area contributed by atoms with Gasteiger partial charge >= 0.3 is 0 Å². The van der Waals surface area contributed by atoms with Gasteiger partial charge in [-0.3, -0.25) is 0 Å². The minimum absolute atomic E-state index is 0.131. The van der Waals surface area contributed by atoms with Gasteiger partial charge in [-0.1, -0.05) is 33.1 Å². The van der Waals surface area contributed by atoms with E-state index in [2.05, 4.69) is 19.2 Å². The first-order chi connectivity index (χ1) is 8.17. The topological polar surface area (TPSA) is 12.0 Å². The Hall–Kier alpha value is -1.05. The molecule has 0 aliphatic rings. The molecule has 0 saturated carbocycles. The van der Waals surface area contributed by atoms with Crippen molar-refractivity contribution in [2.45, 2.75) is 46.5 Å². The van der Waals surface area contributed by atoms with Gasteiger partial charge in [-0.2, -0.15) is 0 Å². The standard InChI is InChI=1S/C15H24FN/c1-4-6-7-13(5-2)11-17-14-8-9-15(16)12(3)10-14/h8-10,13,17H,4-7,11H2,1-3H3. The van der Waals surface area contributed by atoms with Gasteiger partial charge in [0.1, 0.15) is 5.82 Å². The minimum atomic E-state index is -0.131. The van der Waals surface area contributed by atoms with Gasteiger partial charge in [0.15, 0.2) is 0 Å². The van der Waals surface area contributed by atoms with Crippen molar-refractivity contribution >= 4 is 5.69 Å². The zero-order valence-corrected chi connectivity index (χ0v) is 11.2. The highest BCUT2D eigenvalue weighted by molar-refractivity contribution is 5.45. The molecule has 0 saturated heterocycles. The van der Waals surface area contributed by atoms with Gasteiger partial charge in [0.25, 0.3) is 0 Å². The van der Waals surface area contributed by atoms with Gasteiger partial charge in [0.2, 0.25) is 0 Å². The van der Waals surface area contributed by atoms with Crippen LogP contribution in [0.25, 0.3) is 0 Å². The molecule has 1 aromatic rings. The minimum Gasteiger partial charge on any atom is -0.385 e. The predicted octanol–water partition coefficient (Wildman–Crippen LogP) is 4.76. The third-order valence-corrected chi connectivity index (χ3v) is 3.30. The molecule has 0 aromatic heterocycles. The first kappa shape index (κ1) is 14.0. The molecule has 2 heteroatoms. The number of nitrogens with one attached hydrogen (secondary N) is 1. The Labute approximate surface area is 104 Å². The van der Waals surface area contributed by atoms with Crippen molar-refractivity contribution in [3.63, 3.8) is 0 Å². The second kappa shape index (κ2) is 7.31. The Morgan fingerprint density at radius 1 is 1.29 bits per heavy atom. The summed E-state index contributed by atoms with van der Waals surface area (Å²) >= 11 is 0. The number of anilines is 1. The fourth-order valence-electron chi connectivity index (χ4n) is 1.96. The van der Waals surface area contributed by atoms with Crippen molar-refractivity contribution in [1.29, 1.82) is 0 Å². The summed E-state index contributed by atoms with van der Waals surface area (Å²) in [6, 6.07) is 5.22.